The van der Waals surface area contributed by atoms with Gasteiger partial charge in [-0.3, -0.25) is 0 Å². The van der Waals surface area contributed by atoms with Crippen molar-refractivity contribution in [2.75, 3.05) is 19.0 Å². The molecule has 1 aromatic heterocycles. The van der Waals surface area contributed by atoms with Gasteiger partial charge in [0.25, 0.3) is 0 Å². The molecule has 0 amide bonds. The second kappa shape index (κ2) is 7.28. The number of benzene rings is 4. The number of nitrogens with one attached hydrogen (secondary N) is 1. The van der Waals surface area contributed by atoms with Crippen molar-refractivity contribution in [2.24, 2.45) is 0 Å². The molecule has 1 heterocycles. The lowest BCUT2D eigenvalue weighted by molar-refractivity contribution is 0.476. The van der Waals surface area contributed by atoms with Crippen LogP contribution in [0.2, 0.25) is 0 Å². The summed E-state index contributed by atoms with van der Waals surface area (Å²) in [5, 5.41) is 13.4. The number of nitrogens with zero attached hydrogens (tertiary/aromatic N) is 1. The summed E-state index contributed by atoms with van der Waals surface area (Å²) < 4.78 is 27.1. The minimum Gasteiger partial charge on any atom is -0.508 e. The van der Waals surface area contributed by atoms with Gasteiger partial charge in [0.15, 0.2) is 9.84 Å². The summed E-state index contributed by atoms with van der Waals surface area (Å²) in [5.41, 5.74) is 4.34. The van der Waals surface area contributed by atoms with E-state index in [0.717, 1.165) is 49.4 Å². The van der Waals surface area contributed by atoms with Gasteiger partial charge >= 0.3 is 0 Å². The number of aromatic hydroxyl groups is 1. The first-order valence-corrected chi connectivity index (χ1v) is 12.1. The summed E-state index contributed by atoms with van der Waals surface area (Å²) in [6.07, 6.45) is 0. The Balaban J connectivity index is 1.63. The van der Waals surface area contributed by atoms with Gasteiger partial charge in [0.05, 0.1) is 16.2 Å². The van der Waals surface area contributed by atoms with Crippen molar-refractivity contribution in [3.8, 4) is 5.75 Å². The molecular weight excluding hydrogens is 420 g/mol. The standard InChI is InChI=1S/C26H24N2O3S/c1-16-12-22-19-11-10-18(29)14-24(19)27-23(22)13-17(16)15-32(30,31)26-9-5-6-20-21(26)7-4-8-25(20)28(2)3/h4-14,27,29H,15H2,1-3H3. The lowest BCUT2D eigenvalue weighted by Crippen LogP contribution is -2.10. The van der Waals surface area contributed by atoms with E-state index in [4.69, 9.17) is 0 Å². The summed E-state index contributed by atoms with van der Waals surface area (Å²) in [7, 11) is 0.323. The van der Waals surface area contributed by atoms with Gasteiger partial charge in [0, 0.05) is 52.9 Å². The number of anilines is 1. The third kappa shape index (κ3) is 3.28. The van der Waals surface area contributed by atoms with E-state index in [2.05, 4.69) is 4.98 Å². The molecular formula is C26H24N2O3S. The number of fused-ring (bicyclic) bond motifs is 4. The van der Waals surface area contributed by atoms with Gasteiger partial charge in [-0.15, -0.1) is 0 Å². The minimum absolute atomic E-state index is 0.0826. The molecule has 0 aliphatic rings. The molecule has 0 spiro atoms. The second-order valence-corrected chi connectivity index (χ2v) is 10.4. The molecule has 0 aliphatic heterocycles. The number of H-pyrrole nitrogens is 1. The first-order valence-electron chi connectivity index (χ1n) is 10.4. The lowest BCUT2D eigenvalue weighted by Gasteiger charge is -2.17. The van der Waals surface area contributed by atoms with Crippen LogP contribution in [0.25, 0.3) is 32.6 Å². The molecule has 0 fully saturated rings. The van der Waals surface area contributed by atoms with Crippen molar-refractivity contribution in [1.29, 1.82) is 0 Å². The van der Waals surface area contributed by atoms with Crippen LogP contribution in [0.1, 0.15) is 11.1 Å². The van der Waals surface area contributed by atoms with Crippen molar-refractivity contribution in [2.45, 2.75) is 17.6 Å². The molecule has 162 valence electrons. The fraction of sp³-hybridized carbons (Fsp3) is 0.154. The number of hydrogen-bond donors (Lipinski definition) is 2. The average Bonchev–Trinajstić information content (AvgIpc) is 3.08. The molecule has 5 rings (SSSR count). The number of aryl methyl sites for hydroxylation is 1. The molecule has 6 heteroatoms. The second-order valence-electron chi connectivity index (χ2n) is 8.46. The maximum atomic E-state index is 13.5. The van der Waals surface area contributed by atoms with E-state index in [0.29, 0.717) is 4.90 Å². The van der Waals surface area contributed by atoms with Gasteiger partial charge in [-0.2, -0.15) is 0 Å². The van der Waals surface area contributed by atoms with Gasteiger partial charge < -0.3 is 15.0 Å². The van der Waals surface area contributed by atoms with Gasteiger partial charge in [0.2, 0.25) is 0 Å². The minimum atomic E-state index is -3.58. The topological polar surface area (TPSA) is 73.4 Å². The number of aromatic nitrogens is 1. The fourth-order valence-corrected chi connectivity index (χ4v) is 6.13. The summed E-state index contributed by atoms with van der Waals surface area (Å²) in [6.45, 7) is 1.94. The Hall–Kier alpha value is -3.51. The van der Waals surface area contributed by atoms with Crippen LogP contribution in [0.15, 0.2) is 71.6 Å². The van der Waals surface area contributed by atoms with Crippen LogP contribution >= 0.6 is 0 Å². The van der Waals surface area contributed by atoms with Crippen LogP contribution in [0, 0.1) is 6.92 Å². The molecule has 32 heavy (non-hydrogen) atoms. The van der Waals surface area contributed by atoms with Crippen LogP contribution in [0.5, 0.6) is 5.75 Å². The van der Waals surface area contributed by atoms with E-state index < -0.39 is 9.84 Å². The first-order chi connectivity index (χ1) is 15.2. The Morgan fingerprint density at radius 2 is 1.56 bits per heavy atom. The van der Waals surface area contributed by atoms with Gasteiger partial charge in [-0.25, -0.2) is 8.42 Å². The van der Waals surface area contributed by atoms with Crippen LogP contribution in [0.3, 0.4) is 0 Å². The highest BCUT2D eigenvalue weighted by molar-refractivity contribution is 7.90. The largest absolute Gasteiger partial charge is 0.508 e. The van der Waals surface area contributed by atoms with E-state index in [1.54, 1.807) is 18.2 Å². The van der Waals surface area contributed by atoms with Crippen molar-refractivity contribution in [3.05, 3.63) is 77.9 Å². The zero-order valence-corrected chi connectivity index (χ0v) is 19.0. The molecule has 4 aromatic carbocycles. The van der Waals surface area contributed by atoms with E-state index in [9.17, 15) is 13.5 Å². The summed E-state index contributed by atoms with van der Waals surface area (Å²) in [6, 6.07) is 20.4. The molecule has 0 saturated heterocycles. The highest BCUT2D eigenvalue weighted by atomic mass is 32.2. The predicted molar refractivity (Wildman–Crippen MR) is 131 cm³/mol. The van der Waals surface area contributed by atoms with Crippen LogP contribution in [-0.2, 0) is 15.6 Å². The molecule has 0 atom stereocenters. The number of rotatable bonds is 4. The van der Waals surface area contributed by atoms with Crippen molar-refractivity contribution in [3.63, 3.8) is 0 Å². The maximum Gasteiger partial charge on any atom is 0.183 e. The smallest absolute Gasteiger partial charge is 0.183 e. The van der Waals surface area contributed by atoms with E-state index >= 15 is 0 Å². The first kappa shape index (κ1) is 20.4. The monoisotopic (exact) mass is 444 g/mol. The van der Waals surface area contributed by atoms with E-state index in [1.807, 2.05) is 74.4 Å². The van der Waals surface area contributed by atoms with E-state index in [-0.39, 0.29) is 11.5 Å². The molecule has 5 aromatic rings. The number of aromatic amines is 1. The Kier molecular flexibility index (Phi) is 4.64. The van der Waals surface area contributed by atoms with Crippen LogP contribution in [-0.4, -0.2) is 32.6 Å². The Bertz CT molecular complexity index is 1620. The van der Waals surface area contributed by atoms with Crippen molar-refractivity contribution < 1.29 is 13.5 Å². The highest BCUT2D eigenvalue weighted by Crippen LogP contribution is 2.34. The summed E-state index contributed by atoms with van der Waals surface area (Å²) >= 11 is 0. The molecule has 5 nitrogen and oxygen atoms in total. The van der Waals surface area contributed by atoms with Crippen molar-refractivity contribution in [1.82, 2.24) is 4.98 Å². The lowest BCUT2D eigenvalue weighted by atomic mass is 10.1. The van der Waals surface area contributed by atoms with Gasteiger partial charge in [-0.1, -0.05) is 24.3 Å². The number of phenols is 1. The Morgan fingerprint density at radius 3 is 2.34 bits per heavy atom. The van der Waals surface area contributed by atoms with E-state index in [1.165, 1.54) is 0 Å². The zero-order valence-electron chi connectivity index (χ0n) is 18.2. The predicted octanol–water partition coefficient (Wildman–Crippen LogP) is 5.53. The fourth-order valence-electron chi connectivity index (χ4n) is 4.46. The highest BCUT2D eigenvalue weighted by Gasteiger charge is 2.21. The van der Waals surface area contributed by atoms with Gasteiger partial charge in [-0.05, 0) is 54.4 Å². The average molecular weight is 445 g/mol. The Labute approximate surface area is 186 Å². The Morgan fingerprint density at radius 1 is 0.844 bits per heavy atom. The normalized spacial score (nSPS) is 12.1. The maximum absolute atomic E-state index is 13.5. The quantitative estimate of drug-likeness (QED) is 0.382. The number of sulfone groups is 1. The molecule has 2 N–H and O–H groups in total. The molecule has 0 saturated carbocycles. The number of phenolic OH excluding ortho intramolecular Hbond substituents is 1. The summed E-state index contributed by atoms with van der Waals surface area (Å²) in [4.78, 5) is 5.64. The van der Waals surface area contributed by atoms with Crippen LogP contribution in [0.4, 0.5) is 5.69 Å². The van der Waals surface area contributed by atoms with Crippen LogP contribution < -0.4 is 4.90 Å². The number of hydrogen-bond acceptors (Lipinski definition) is 4. The molecule has 0 unspecified atom stereocenters. The third-order valence-corrected chi connectivity index (χ3v) is 7.78. The molecule has 0 aliphatic carbocycles. The summed E-state index contributed by atoms with van der Waals surface area (Å²) in [5.74, 6) is 0.109. The zero-order chi connectivity index (χ0) is 22.6. The molecule has 0 bridgehead atoms. The third-order valence-electron chi connectivity index (χ3n) is 6.06. The molecule has 0 radical (unpaired) electrons. The van der Waals surface area contributed by atoms with Crippen molar-refractivity contribution >= 4 is 48.1 Å². The SMILES string of the molecule is Cc1cc2c(cc1CS(=O)(=O)c1cccc3c(N(C)C)cccc13)[nH]c1cc(O)ccc12. The van der Waals surface area contributed by atoms with Gasteiger partial charge in [0.1, 0.15) is 5.75 Å².